The Morgan fingerprint density at radius 1 is 1.12 bits per heavy atom. The summed E-state index contributed by atoms with van der Waals surface area (Å²) in [5.41, 5.74) is 3.46. The van der Waals surface area contributed by atoms with Gasteiger partial charge in [-0.3, -0.25) is 9.36 Å². The Kier molecular flexibility index (Phi) is 3.67. The Morgan fingerprint density at radius 2 is 1.88 bits per heavy atom. The number of hydrogen-bond acceptors (Lipinski definition) is 4. The molecule has 2 aromatic carbocycles. The molecule has 124 valence electrons. The van der Waals surface area contributed by atoms with Gasteiger partial charge in [0.15, 0.2) is 3.95 Å². The minimum Gasteiger partial charge on any atom is -0.493 e. The first-order valence-electron chi connectivity index (χ1n) is 7.72. The van der Waals surface area contributed by atoms with Crippen molar-refractivity contribution in [1.82, 2.24) is 4.57 Å². The van der Waals surface area contributed by atoms with E-state index < -0.39 is 0 Å². The summed E-state index contributed by atoms with van der Waals surface area (Å²) in [6, 6.07) is 13.2. The highest BCUT2D eigenvalue weighted by Gasteiger charge is 2.25. The van der Waals surface area contributed by atoms with E-state index in [1.165, 1.54) is 16.9 Å². The number of thiazole rings is 1. The molecule has 0 bridgehead atoms. The number of hydrogen-bond donors (Lipinski definition) is 1. The van der Waals surface area contributed by atoms with Crippen molar-refractivity contribution in [2.75, 3.05) is 0 Å². The molecular weight excluding hydrogens is 352 g/mol. The quantitative estimate of drug-likeness (QED) is 0.710. The fourth-order valence-corrected chi connectivity index (χ4v) is 4.29. The van der Waals surface area contributed by atoms with Crippen molar-refractivity contribution in [3.63, 3.8) is 0 Å². The summed E-state index contributed by atoms with van der Waals surface area (Å²) in [5, 5.41) is 12.2. The highest BCUT2D eigenvalue weighted by atomic mass is 32.1. The Hall–Kier alpha value is -2.57. The predicted octanol–water partition coefficient (Wildman–Crippen LogP) is 2.95. The summed E-state index contributed by atoms with van der Waals surface area (Å²) in [6.45, 7) is 4.04. The van der Waals surface area contributed by atoms with Crippen LogP contribution in [0.1, 0.15) is 16.0 Å². The van der Waals surface area contributed by atoms with Gasteiger partial charge in [0.25, 0.3) is 5.91 Å². The van der Waals surface area contributed by atoms with Gasteiger partial charge in [0.1, 0.15) is 4.88 Å². The molecule has 1 aliphatic rings. The Morgan fingerprint density at radius 3 is 2.64 bits per heavy atom. The normalized spacial score (nSPS) is 13.0. The average molecular weight is 366 g/mol. The van der Waals surface area contributed by atoms with Crippen LogP contribution in [-0.2, 0) is 4.79 Å². The van der Waals surface area contributed by atoms with Crippen LogP contribution in [-0.4, -0.2) is 15.6 Å². The summed E-state index contributed by atoms with van der Waals surface area (Å²) >= 11 is 6.68. The van der Waals surface area contributed by atoms with E-state index in [1.807, 2.05) is 50.2 Å². The van der Waals surface area contributed by atoms with E-state index in [0.717, 1.165) is 16.5 Å². The zero-order valence-corrected chi connectivity index (χ0v) is 15.2. The maximum atomic E-state index is 12.4. The lowest BCUT2D eigenvalue weighted by atomic mass is 10.1. The molecule has 0 fully saturated rings. The van der Waals surface area contributed by atoms with Crippen molar-refractivity contribution in [3.05, 3.63) is 73.0 Å². The second-order valence-corrected chi connectivity index (χ2v) is 7.58. The summed E-state index contributed by atoms with van der Waals surface area (Å²) in [7, 11) is 0. The van der Waals surface area contributed by atoms with Crippen molar-refractivity contribution in [1.29, 1.82) is 0 Å². The van der Waals surface area contributed by atoms with Crippen LogP contribution in [0.2, 0.25) is 0 Å². The van der Waals surface area contributed by atoms with Gasteiger partial charge in [0.2, 0.25) is 5.88 Å². The molecule has 3 aromatic rings. The largest absolute Gasteiger partial charge is 0.493 e. The lowest BCUT2D eigenvalue weighted by molar-refractivity contribution is -0.112. The molecule has 25 heavy (non-hydrogen) atoms. The van der Waals surface area contributed by atoms with Crippen LogP contribution in [0.4, 0.5) is 0 Å². The third-order valence-corrected chi connectivity index (χ3v) is 5.75. The van der Waals surface area contributed by atoms with Gasteiger partial charge in [0, 0.05) is 5.22 Å². The first-order chi connectivity index (χ1) is 12.0. The van der Waals surface area contributed by atoms with Crippen molar-refractivity contribution in [2.45, 2.75) is 13.8 Å². The fourth-order valence-electron chi connectivity index (χ4n) is 2.90. The molecule has 0 saturated heterocycles. The van der Waals surface area contributed by atoms with Gasteiger partial charge in [-0.25, -0.2) is 4.99 Å². The van der Waals surface area contributed by atoms with Gasteiger partial charge in [0.05, 0.1) is 16.6 Å². The second-order valence-electron chi connectivity index (χ2n) is 5.93. The number of aromatic nitrogens is 1. The third kappa shape index (κ3) is 2.45. The first kappa shape index (κ1) is 15.9. The molecule has 0 aliphatic carbocycles. The highest BCUT2D eigenvalue weighted by Crippen LogP contribution is 2.35. The number of fused-ring (bicyclic) bond motifs is 1. The molecule has 0 radical (unpaired) electrons. The summed E-state index contributed by atoms with van der Waals surface area (Å²) in [4.78, 5) is 16.9. The van der Waals surface area contributed by atoms with Gasteiger partial charge in [-0.2, -0.15) is 0 Å². The number of aryl methyl sites for hydroxylation is 2. The lowest BCUT2D eigenvalue weighted by Gasteiger charge is -2.08. The number of rotatable bonds is 2. The topological polar surface area (TPSA) is 54.6 Å². The maximum Gasteiger partial charge on any atom is 0.279 e. The van der Waals surface area contributed by atoms with Crippen molar-refractivity contribution in [2.24, 2.45) is 4.99 Å². The molecule has 4 rings (SSSR count). The Balaban J connectivity index is 1.99. The standard InChI is InChI=1S/C19H14N2O2S2/c1-10-7-8-12(9-11(10)2)21-18(23)16(25-19(21)24)15-13-5-3-4-6-14(13)20-17(15)22/h3-9,23H,1-2H3. The van der Waals surface area contributed by atoms with E-state index in [2.05, 4.69) is 4.99 Å². The number of amides is 1. The Bertz CT molecular complexity index is 1220. The average Bonchev–Trinajstić information content (AvgIpc) is 3.05. The molecular formula is C19H14N2O2S2. The zero-order chi connectivity index (χ0) is 17.7. The molecule has 4 nitrogen and oxygen atoms in total. The molecule has 1 aromatic heterocycles. The molecule has 0 atom stereocenters. The number of aromatic hydroxyl groups is 1. The zero-order valence-electron chi connectivity index (χ0n) is 13.6. The SMILES string of the molecule is Cc1ccc(-n2c(O)c(C3=c4ccccc4=NC3=O)sc2=S)cc1C. The number of carbonyl (C=O) groups is 1. The molecule has 0 spiro atoms. The molecule has 0 unspecified atom stereocenters. The van der Waals surface area contributed by atoms with Crippen LogP contribution in [0.3, 0.4) is 0 Å². The number of nitrogens with zero attached hydrogens (tertiary/aromatic N) is 2. The van der Waals surface area contributed by atoms with Gasteiger partial charge in [-0.05, 0) is 55.4 Å². The molecule has 1 N–H and O–H groups in total. The Labute approximate surface area is 153 Å². The smallest absolute Gasteiger partial charge is 0.279 e. The van der Waals surface area contributed by atoms with Crippen LogP contribution >= 0.6 is 23.6 Å². The monoisotopic (exact) mass is 366 g/mol. The van der Waals surface area contributed by atoms with Gasteiger partial charge < -0.3 is 5.11 Å². The van der Waals surface area contributed by atoms with Gasteiger partial charge in [-0.1, -0.05) is 24.3 Å². The van der Waals surface area contributed by atoms with Crippen LogP contribution in [0.15, 0.2) is 47.5 Å². The number of para-hydroxylation sites is 1. The van der Waals surface area contributed by atoms with Gasteiger partial charge >= 0.3 is 0 Å². The van der Waals surface area contributed by atoms with Crippen LogP contribution in [0, 0.1) is 17.8 Å². The second kappa shape index (κ2) is 5.75. The summed E-state index contributed by atoms with van der Waals surface area (Å²) in [5.74, 6) is -0.367. The summed E-state index contributed by atoms with van der Waals surface area (Å²) < 4.78 is 2.09. The number of carbonyl (C=O) groups excluding carboxylic acids is 1. The van der Waals surface area contributed by atoms with Crippen LogP contribution in [0.5, 0.6) is 5.88 Å². The van der Waals surface area contributed by atoms with E-state index in [1.54, 1.807) is 10.6 Å². The molecule has 1 aliphatic heterocycles. The fraction of sp³-hybridized carbons (Fsp3) is 0.105. The van der Waals surface area contributed by atoms with Gasteiger partial charge in [-0.15, -0.1) is 11.3 Å². The third-order valence-electron chi connectivity index (χ3n) is 4.37. The highest BCUT2D eigenvalue weighted by molar-refractivity contribution is 7.73. The minimum absolute atomic E-state index is 0.0199. The van der Waals surface area contributed by atoms with Crippen molar-refractivity contribution >= 4 is 35.0 Å². The first-order valence-corrected chi connectivity index (χ1v) is 8.95. The van der Waals surface area contributed by atoms with Crippen molar-refractivity contribution < 1.29 is 9.90 Å². The van der Waals surface area contributed by atoms with E-state index >= 15 is 0 Å². The van der Waals surface area contributed by atoms with Crippen molar-refractivity contribution in [3.8, 4) is 11.6 Å². The minimum atomic E-state index is -0.347. The molecule has 2 heterocycles. The molecule has 1 amide bonds. The van der Waals surface area contributed by atoms with E-state index in [-0.39, 0.29) is 11.8 Å². The predicted molar refractivity (Wildman–Crippen MR) is 100 cm³/mol. The van der Waals surface area contributed by atoms with E-state index in [0.29, 0.717) is 19.8 Å². The lowest BCUT2D eigenvalue weighted by Crippen LogP contribution is -2.22. The molecule has 0 saturated carbocycles. The van der Waals surface area contributed by atoms with E-state index in [9.17, 15) is 9.90 Å². The van der Waals surface area contributed by atoms with E-state index in [4.69, 9.17) is 12.2 Å². The summed E-state index contributed by atoms with van der Waals surface area (Å²) in [6.07, 6.45) is 0. The van der Waals surface area contributed by atoms with Crippen LogP contribution in [0.25, 0.3) is 11.3 Å². The number of benzene rings is 2. The maximum absolute atomic E-state index is 12.4. The molecule has 6 heteroatoms. The van der Waals surface area contributed by atoms with Crippen LogP contribution < -0.4 is 10.6 Å².